The van der Waals surface area contributed by atoms with Gasteiger partial charge in [0.15, 0.2) is 0 Å². The van der Waals surface area contributed by atoms with Crippen LogP contribution in [0.25, 0.3) is 0 Å². The van der Waals surface area contributed by atoms with Gasteiger partial charge in [0.05, 0.1) is 0 Å². The summed E-state index contributed by atoms with van der Waals surface area (Å²) in [7, 11) is 0. The van der Waals surface area contributed by atoms with Crippen LogP contribution in [0.5, 0.6) is 0 Å². The Morgan fingerprint density at radius 3 is 1.38 bits per heavy atom. The zero-order chi connectivity index (χ0) is 11.4. The molecule has 2 N–H and O–H groups in total. The van der Waals surface area contributed by atoms with Crippen molar-refractivity contribution in [2.24, 2.45) is 0 Å². The second-order valence-electron chi connectivity index (χ2n) is 0.750. The fourth-order valence-corrected chi connectivity index (χ4v) is 0.188. The molecule has 0 aromatic rings. The quantitative estimate of drug-likeness (QED) is 0.531. The van der Waals surface area contributed by atoms with Crippen molar-refractivity contribution in [3.8, 4) is 0 Å². The van der Waals surface area contributed by atoms with E-state index < -0.39 is 26.0 Å². The summed E-state index contributed by atoms with van der Waals surface area (Å²) in [6.45, 7) is -10.7. The molecule has 1 aliphatic rings. The van der Waals surface area contributed by atoms with E-state index in [1.165, 1.54) is 0 Å². The molecule has 0 amide bonds. The number of hydrogen-bond acceptors (Lipinski definition) is 2. The van der Waals surface area contributed by atoms with E-state index in [9.17, 15) is 0 Å². The molecule has 0 aliphatic carbocycles. The SMILES string of the molecule is Cl.Cl.[2H]C1([2H])NC([2H])([2H])C([2H])([2H])NC1([2H])[2H]. The number of rotatable bonds is 0. The Hall–Kier alpha value is 0.500. The molecule has 1 heterocycles. The van der Waals surface area contributed by atoms with Crippen molar-refractivity contribution in [1.29, 1.82) is 0 Å². The summed E-state index contributed by atoms with van der Waals surface area (Å²) in [5.74, 6) is 0. The van der Waals surface area contributed by atoms with Gasteiger partial charge in [0.25, 0.3) is 0 Å². The average molecular weight is 167 g/mol. The zero-order valence-electron chi connectivity index (χ0n) is 11.8. The predicted molar refractivity (Wildman–Crippen MR) is 40.2 cm³/mol. The van der Waals surface area contributed by atoms with Gasteiger partial charge in [-0.2, -0.15) is 0 Å². The minimum absolute atomic E-state index is 0. The van der Waals surface area contributed by atoms with Crippen molar-refractivity contribution in [2.75, 3.05) is 26.0 Å². The fraction of sp³-hybridized carbons (Fsp3) is 1.00. The Bertz CT molecular complexity index is 206. The van der Waals surface area contributed by atoms with E-state index >= 15 is 0 Å². The maximum Gasteiger partial charge on any atom is 0.0441 e. The molecular formula is C4H12Cl2N2. The molecule has 0 saturated carbocycles. The van der Waals surface area contributed by atoms with Gasteiger partial charge in [-0.1, -0.05) is 0 Å². The van der Waals surface area contributed by atoms with Crippen molar-refractivity contribution in [3.05, 3.63) is 0 Å². The Balaban J connectivity index is 0. The van der Waals surface area contributed by atoms with E-state index in [1.807, 2.05) is 0 Å². The van der Waals surface area contributed by atoms with Gasteiger partial charge in [0, 0.05) is 37.0 Å². The van der Waals surface area contributed by atoms with Crippen LogP contribution >= 0.6 is 24.8 Å². The van der Waals surface area contributed by atoms with Crippen LogP contribution in [0.4, 0.5) is 0 Å². The summed E-state index contributed by atoms with van der Waals surface area (Å²) < 4.78 is 57.4. The van der Waals surface area contributed by atoms with Crippen molar-refractivity contribution in [2.45, 2.75) is 0 Å². The molecule has 0 aromatic heterocycles. The maximum atomic E-state index is 7.17. The molecule has 0 bridgehead atoms. The van der Waals surface area contributed by atoms with E-state index in [-0.39, 0.29) is 24.8 Å². The van der Waals surface area contributed by atoms with Gasteiger partial charge >= 0.3 is 0 Å². The third-order valence-electron chi connectivity index (χ3n) is 0.375. The van der Waals surface area contributed by atoms with Crippen molar-refractivity contribution in [1.82, 2.24) is 10.6 Å². The lowest BCUT2D eigenvalue weighted by Gasteiger charge is -2.11. The van der Waals surface area contributed by atoms with Gasteiger partial charge in [-0.3, -0.25) is 0 Å². The lowest BCUT2D eigenvalue weighted by molar-refractivity contribution is 0.534. The van der Waals surface area contributed by atoms with Gasteiger partial charge in [0.1, 0.15) is 0 Å². The first-order chi connectivity index (χ1) is 5.91. The normalized spacial score (nSPS) is 58.0. The Morgan fingerprint density at radius 1 is 0.875 bits per heavy atom. The largest absolute Gasteiger partial charge is 0.314 e. The Kier molecular flexibility index (Phi) is 2.13. The van der Waals surface area contributed by atoms with E-state index in [1.54, 1.807) is 10.6 Å². The van der Waals surface area contributed by atoms with Crippen LogP contribution < -0.4 is 10.6 Å². The molecule has 0 atom stereocenters. The summed E-state index contributed by atoms with van der Waals surface area (Å²) in [6.07, 6.45) is 0. The Morgan fingerprint density at radius 2 is 1.12 bits per heavy atom. The van der Waals surface area contributed by atoms with Crippen LogP contribution in [0.1, 0.15) is 11.0 Å². The van der Waals surface area contributed by atoms with E-state index in [0.717, 1.165) is 0 Å². The first kappa shape index (κ1) is 2.27. The van der Waals surface area contributed by atoms with E-state index in [2.05, 4.69) is 0 Å². The van der Waals surface area contributed by atoms with Crippen LogP contribution in [-0.2, 0) is 0 Å². The monoisotopic (exact) mass is 166 g/mol. The molecule has 2 nitrogen and oxygen atoms in total. The first-order valence-corrected chi connectivity index (χ1v) is 1.50. The van der Waals surface area contributed by atoms with Crippen molar-refractivity contribution in [3.63, 3.8) is 0 Å². The molecule has 0 spiro atoms. The molecule has 1 fully saturated rings. The van der Waals surface area contributed by atoms with E-state index in [4.69, 9.17) is 11.0 Å². The molecule has 1 saturated heterocycles. The smallest absolute Gasteiger partial charge is 0.0441 e. The summed E-state index contributed by atoms with van der Waals surface area (Å²) in [5, 5.41) is 3.33. The molecule has 1 rings (SSSR count). The number of nitrogens with one attached hydrogen (secondary N) is 2. The van der Waals surface area contributed by atoms with Crippen molar-refractivity contribution < 1.29 is 11.0 Å². The van der Waals surface area contributed by atoms with Crippen LogP contribution in [0.15, 0.2) is 0 Å². The Labute approximate surface area is 73.5 Å². The maximum absolute atomic E-state index is 7.17. The minimum Gasteiger partial charge on any atom is -0.314 e. The highest BCUT2D eigenvalue weighted by atomic mass is 35.5. The zero-order valence-corrected chi connectivity index (χ0v) is 5.45. The van der Waals surface area contributed by atoms with Crippen LogP contribution in [-0.4, -0.2) is 26.0 Å². The lowest BCUT2D eigenvalue weighted by Crippen LogP contribution is -2.39. The third-order valence-corrected chi connectivity index (χ3v) is 0.375. The summed E-state index contributed by atoms with van der Waals surface area (Å²) in [4.78, 5) is 0. The van der Waals surface area contributed by atoms with E-state index in [0.29, 0.717) is 0 Å². The first-order valence-electron chi connectivity index (χ1n) is 5.50. The van der Waals surface area contributed by atoms with Crippen LogP contribution in [0, 0.1) is 0 Å². The van der Waals surface area contributed by atoms with Gasteiger partial charge in [-0.15, -0.1) is 24.8 Å². The second kappa shape index (κ2) is 7.50. The molecule has 52 valence electrons. The van der Waals surface area contributed by atoms with Gasteiger partial charge in [0.2, 0.25) is 0 Å². The van der Waals surface area contributed by atoms with Crippen LogP contribution in [0.2, 0.25) is 0 Å². The van der Waals surface area contributed by atoms with Gasteiger partial charge in [-0.05, 0) is 0 Å². The van der Waals surface area contributed by atoms with Gasteiger partial charge in [-0.25, -0.2) is 0 Å². The van der Waals surface area contributed by atoms with Crippen molar-refractivity contribution >= 4 is 24.8 Å². The molecule has 0 radical (unpaired) electrons. The predicted octanol–water partition coefficient (Wildman–Crippen LogP) is 0.0228. The highest BCUT2D eigenvalue weighted by molar-refractivity contribution is 5.85. The summed E-state index contributed by atoms with van der Waals surface area (Å²) >= 11 is 0. The average Bonchev–Trinajstić information content (AvgIpc) is 1.78. The van der Waals surface area contributed by atoms with Crippen LogP contribution in [0.3, 0.4) is 0 Å². The third kappa shape index (κ3) is 4.65. The molecule has 1 aliphatic heterocycles. The molecule has 0 unspecified atom stereocenters. The number of halogens is 2. The summed E-state index contributed by atoms with van der Waals surface area (Å²) in [6, 6.07) is 0. The molecule has 4 heteroatoms. The highest BCUT2D eigenvalue weighted by Crippen LogP contribution is 1.65. The standard InChI is InChI=1S/C4H10N2.2ClH/c1-2-6-4-3-5-1;;/h5-6H,1-4H2;2*1H/i1D2,2D2,3D2,4D2;;. The fourth-order valence-electron chi connectivity index (χ4n) is 0.188. The second-order valence-corrected chi connectivity index (χ2v) is 0.750. The molecular weight excluding hydrogens is 147 g/mol. The number of hydrogen-bond donors (Lipinski definition) is 2. The highest BCUT2D eigenvalue weighted by Gasteiger charge is 1.91. The lowest BCUT2D eigenvalue weighted by atomic mass is 10.4. The summed E-state index contributed by atoms with van der Waals surface area (Å²) in [5.41, 5.74) is 0. The topological polar surface area (TPSA) is 24.1 Å². The minimum atomic E-state index is -2.68. The van der Waals surface area contributed by atoms with Gasteiger partial charge < -0.3 is 10.6 Å². The molecule has 8 heavy (non-hydrogen) atoms. The molecule has 0 aromatic carbocycles. The number of piperazine rings is 1.